The molecule has 9 heteroatoms. The zero-order chi connectivity index (χ0) is 24.6. The molecule has 0 bridgehead atoms. The molecule has 0 heterocycles. The Morgan fingerprint density at radius 1 is 1.00 bits per heavy atom. The smallest absolute Gasteiger partial charge is 0.244 e. The number of carbonyl (C=O) groups excluding carboxylic acids is 2. The van der Waals surface area contributed by atoms with Crippen molar-refractivity contribution in [3.05, 3.63) is 63.7 Å². The van der Waals surface area contributed by atoms with Gasteiger partial charge in [0, 0.05) is 16.2 Å². The Bertz CT molecular complexity index is 1030. The maximum absolute atomic E-state index is 13.5. The van der Waals surface area contributed by atoms with Crippen LogP contribution >= 0.6 is 22.6 Å². The fraction of sp³-hybridized carbons (Fsp3) is 0.417. The molecule has 33 heavy (non-hydrogen) atoms. The van der Waals surface area contributed by atoms with E-state index in [1.165, 1.54) is 4.90 Å². The van der Waals surface area contributed by atoms with Crippen molar-refractivity contribution >= 4 is 50.1 Å². The third kappa shape index (κ3) is 7.99. The highest BCUT2D eigenvalue weighted by Gasteiger charge is 2.32. The van der Waals surface area contributed by atoms with Gasteiger partial charge < -0.3 is 10.2 Å². The van der Waals surface area contributed by atoms with Crippen molar-refractivity contribution in [3.63, 3.8) is 0 Å². The number of nitrogens with one attached hydrogen (secondary N) is 1. The van der Waals surface area contributed by atoms with Crippen LogP contribution in [0, 0.1) is 3.57 Å². The first kappa shape index (κ1) is 27.1. The maximum atomic E-state index is 13.5. The minimum Gasteiger partial charge on any atom is -0.352 e. The summed E-state index contributed by atoms with van der Waals surface area (Å²) in [4.78, 5) is 28.1. The summed E-state index contributed by atoms with van der Waals surface area (Å²) in [6, 6.07) is 15.5. The van der Waals surface area contributed by atoms with Crippen LogP contribution in [0.5, 0.6) is 0 Å². The highest BCUT2D eigenvalue weighted by molar-refractivity contribution is 14.1. The molecule has 2 amide bonds. The van der Waals surface area contributed by atoms with E-state index in [0.29, 0.717) is 12.1 Å². The van der Waals surface area contributed by atoms with Crippen molar-refractivity contribution in [1.29, 1.82) is 0 Å². The van der Waals surface area contributed by atoms with Gasteiger partial charge in [0.1, 0.15) is 12.6 Å². The van der Waals surface area contributed by atoms with E-state index >= 15 is 0 Å². The molecule has 2 aromatic rings. The summed E-state index contributed by atoms with van der Waals surface area (Å²) in [6.45, 7) is 5.55. The maximum Gasteiger partial charge on any atom is 0.244 e. The first-order chi connectivity index (χ1) is 15.6. The van der Waals surface area contributed by atoms with Crippen LogP contribution in [0.1, 0.15) is 39.2 Å². The van der Waals surface area contributed by atoms with E-state index in [0.717, 1.165) is 26.1 Å². The molecular weight excluding hydrogens is 553 g/mol. The Kier molecular flexibility index (Phi) is 10.2. The zero-order valence-corrected chi connectivity index (χ0v) is 22.5. The summed E-state index contributed by atoms with van der Waals surface area (Å²) in [5, 5.41) is 2.96. The minimum absolute atomic E-state index is 0.0282. The molecule has 0 saturated carbocycles. The van der Waals surface area contributed by atoms with Crippen molar-refractivity contribution in [3.8, 4) is 0 Å². The molecule has 1 N–H and O–H groups in total. The standard InChI is InChI=1S/C24H32IN3O4S/c1-5-18(3)26-24(30)22(6-2)27(16-19-10-8-7-9-11-19)23(29)17-28(33(4,31)32)21-14-12-20(25)13-15-21/h7-15,18,22H,5-6,16-17H2,1-4H3,(H,26,30)/t18-,22+/m1/s1. The van der Waals surface area contributed by atoms with Gasteiger partial charge in [-0.05, 0) is 72.2 Å². The van der Waals surface area contributed by atoms with Gasteiger partial charge in [-0.3, -0.25) is 13.9 Å². The van der Waals surface area contributed by atoms with Gasteiger partial charge in [0.2, 0.25) is 21.8 Å². The lowest BCUT2D eigenvalue weighted by Crippen LogP contribution is -2.53. The third-order valence-electron chi connectivity index (χ3n) is 5.38. The average Bonchev–Trinajstić information content (AvgIpc) is 2.77. The lowest BCUT2D eigenvalue weighted by Gasteiger charge is -2.33. The van der Waals surface area contributed by atoms with Crippen LogP contribution in [0.3, 0.4) is 0 Å². The van der Waals surface area contributed by atoms with E-state index < -0.39 is 22.0 Å². The number of hydrogen-bond donors (Lipinski definition) is 1. The van der Waals surface area contributed by atoms with E-state index in [1.807, 2.05) is 51.1 Å². The molecule has 7 nitrogen and oxygen atoms in total. The van der Waals surface area contributed by atoms with Crippen LogP contribution in [0.15, 0.2) is 54.6 Å². The Balaban J connectivity index is 2.39. The number of hydrogen-bond acceptors (Lipinski definition) is 4. The summed E-state index contributed by atoms with van der Waals surface area (Å²) in [5.74, 6) is -0.676. The third-order valence-corrected chi connectivity index (χ3v) is 7.24. The second-order valence-electron chi connectivity index (χ2n) is 8.00. The molecule has 2 aromatic carbocycles. The topological polar surface area (TPSA) is 86.8 Å². The van der Waals surface area contributed by atoms with Gasteiger partial charge >= 0.3 is 0 Å². The van der Waals surface area contributed by atoms with E-state index in [4.69, 9.17) is 0 Å². The van der Waals surface area contributed by atoms with Gasteiger partial charge in [0.15, 0.2) is 0 Å². The van der Waals surface area contributed by atoms with Crippen molar-refractivity contribution in [2.24, 2.45) is 0 Å². The summed E-state index contributed by atoms with van der Waals surface area (Å²) in [6.07, 6.45) is 2.25. The number of benzene rings is 2. The highest BCUT2D eigenvalue weighted by atomic mass is 127. The second kappa shape index (κ2) is 12.4. The molecule has 0 aromatic heterocycles. The SMILES string of the molecule is CC[C@@H](C)NC(=O)[C@H](CC)N(Cc1ccccc1)C(=O)CN(c1ccc(I)cc1)S(C)(=O)=O. The molecular formula is C24H32IN3O4S. The van der Waals surface area contributed by atoms with Crippen molar-refractivity contribution < 1.29 is 18.0 Å². The van der Waals surface area contributed by atoms with Gasteiger partial charge in [0.25, 0.3) is 0 Å². The molecule has 0 spiro atoms. The molecule has 0 aliphatic rings. The van der Waals surface area contributed by atoms with Crippen LogP contribution in [-0.2, 0) is 26.2 Å². The normalized spacial score (nSPS) is 13.1. The summed E-state index contributed by atoms with van der Waals surface area (Å²) in [5.41, 5.74) is 1.27. The fourth-order valence-corrected chi connectivity index (χ4v) is 4.57. The molecule has 0 aliphatic carbocycles. The van der Waals surface area contributed by atoms with Crippen LogP contribution in [0.25, 0.3) is 0 Å². The van der Waals surface area contributed by atoms with Crippen LogP contribution in [0.4, 0.5) is 5.69 Å². The number of amides is 2. The minimum atomic E-state index is -3.73. The molecule has 0 unspecified atom stereocenters. The quantitative estimate of drug-likeness (QED) is 0.407. The van der Waals surface area contributed by atoms with E-state index in [-0.39, 0.29) is 25.0 Å². The van der Waals surface area contributed by atoms with Gasteiger partial charge in [0.05, 0.1) is 11.9 Å². The van der Waals surface area contributed by atoms with Crippen LogP contribution in [0.2, 0.25) is 0 Å². The molecule has 2 rings (SSSR count). The number of rotatable bonds is 11. The van der Waals surface area contributed by atoms with Gasteiger partial charge in [-0.15, -0.1) is 0 Å². The predicted octanol–water partition coefficient (Wildman–Crippen LogP) is 3.78. The van der Waals surface area contributed by atoms with Crippen molar-refractivity contribution in [1.82, 2.24) is 10.2 Å². The predicted molar refractivity (Wildman–Crippen MR) is 140 cm³/mol. The first-order valence-corrected chi connectivity index (χ1v) is 13.9. The molecule has 0 radical (unpaired) electrons. The summed E-state index contributed by atoms with van der Waals surface area (Å²) >= 11 is 2.14. The number of sulfonamides is 1. The number of halogens is 1. The number of nitrogens with zero attached hydrogens (tertiary/aromatic N) is 2. The van der Waals surface area contributed by atoms with E-state index in [2.05, 4.69) is 27.9 Å². The molecule has 180 valence electrons. The Morgan fingerprint density at radius 2 is 1.61 bits per heavy atom. The Morgan fingerprint density at radius 3 is 2.12 bits per heavy atom. The highest BCUT2D eigenvalue weighted by Crippen LogP contribution is 2.21. The number of anilines is 1. The van der Waals surface area contributed by atoms with Gasteiger partial charge in [-0.2, -0.15) is 0 Å². The van der Waals surface area contributed by atoms with Crippen LogP contribution in [-0.4, -0.2) is 50.0 Å². The Hall–Kier alpha value is -2.14. The van der Waals surface area contributed by atoms with Gasteiger partial charge in [-0.1, -0.05) is 44.2 Å². The first-order valence-electron chi connectivity index (χ1n) is 10.9. The summed E-state index contributed by atoms with van der Waals surface area (Å²) in [7, 11) is -3.73. The van der Waals surface area contributed by atoms with E-state index in [1.54, 1.807) is 24.3 Å². The lowest BCUT2D eigenvalue weighted by atomic mass is 10.1. The monoisotopic (exact) mass is 585 g/mol. The lowest BCUT2D eigenvalue weighted by molar-refractivity contribution is -0.140. The van der Waals surface area contributed by atoms with Gasteiger partial charge in [-0.25, -0.2) is 8.42 Å². The zero-order valence-electron chi connectivity index (χ0n) is 19.5. The number of carbonyl (C=O) groups is 2. The molecule has 0 aliphatic heterocycles. The van der Waals surface area contributed by atoms with Crippen LogP contribution < -0.4 is 9.62 Å². The van der Waals surface area contributed by atoms with E-state index in [9.17, 15) is 18.0 Å². The second-order valence-corrected chi connectivity index (χ2v) is 11.1. The van der Waals surface area contributed by atoms with Crippen molar-refractivity contribution in [2.75, 3.05) is 17.1 Å². The average molecular weight is 586 g/mol. The largest absolute Gasteiger partial charge is 0.352 e. The van der Waals surface area contributed by atoms with Crippen molar-refractivity contribution in [2.45, 2.75) is 52.2 Å². The fourth-order valence-electron chi connectivity index (χ4n) is 3.36. The Labute approximate surface area is 210 Å². The molecule has 2 atom stereocenters. The summed E-state index contributed by atoms with van der Waals surface area (Å²) < 4.78 is 27.2. The molecule has 0 saturated heterocycles. The molecule has 0 fully saturated rings.